The number of aryl methyl sites for hydroxylation is 1. The number of ether oxygens (including phenoxy) is 1. The second kappa shape index (κ2) is 12.5. The number of phenolic OH excluding ortho intramolecular Hbond substituents is 1. The Labute approximate surface area is 311 Å². The standard InChI is InChI=1S/C40H33Br2N3O6/c1-21-8-12-25(13-9-21)43-45-37(48)30-20-29-27(16-17-28-33(29)38(49)44(36(28)47)26-14-10-24(41)11-15-26)34(22-18-31(42)35(46)32(19-22)51-2)40(30,39(45)50)23-6-4-3-5-7-23/h3-16,18-19,28-30,33-34,43,46H,17,20H2,1-2H3/t28-,29+,30-,33-,34-,40+/m0/s1. The summed E-state index contributed by atoms with van der Waals surface area (Å²) in [4.78, 5) is 59.9. The Balaban J connectivity index is 1.34. The van der Waals surface area contributed by atoms with Crippen LogP contribution in [0.15, 0.2) is 112 Å². The molecule has 4 aliphatic rings. The van der Waals surface area contributed by atoms with Gasteiger partial charge >= 0.3 is 0 Å². The molecular weight excluding hydrogens is 778 g/mol. The van der Waals surface area contributed by atoms with E-state index in [0.717, 1.165) is 20.6 Å². The van der Waals surface area contributed by atoms with Gasteiger partial charge in [0.05, 0.1) is 46.1 Å². The van der Waals surface area contributed by atoms with Gasteiger partial charge in [0, 0.05) is 10.4 Å². The first-order valence-electron chi connectivity index (χ1n) is 16.7. The highest BCUT2D eigenvalue weighted by molar-refractivity contribution is 9.10. The predicted octanol–water partition coefficient (Wildman–Crippen LogP) is 7.42. The first-order valence-corrected chi connectivity index (χ1v) is 18.3. The van der Waals surface area contributed by atoms with Crippen molar-refractivity contribution in [2.75, 3.05) is 17.4 Å². The van der Waals surface area contributed by atoms with Gasteiger partial charge in [0.15, 0.2) is 11.5 Å². The van der Waals surface area contributed by atoms with Gasteiger partial charge in [-0.1, -0.05) is 75.6 Å². The van der Waals surface area contributed by atoms with E-state index in [1.54, 1.807) is 36.4 Å². The van der Waals surface area contributed by atoms with Gasteiger partial charge in [0.25, 0.3) is 11.8 Å². The van der Waals surface area contributed by atoms with Gasteiger partial charge in [-0.2, -0.15) is 5.01 Å². The van der Waals surface area contributed by atoms with Crippen molar-refractivity contribution in [1.82, 2.24) is 5.01 Å². The van der Waals surface area contributed by atoms with Crippen LogP contribution in [0.3, 0.4) is 0 Å². The van der Waals surface area contributed by atoms with E-state index in [4.69, 9.17) is 4.74 Å². The van der Waals surface area contributed by atoms with E-state index >= 15 is 4.79 Å². The molecule has 0 unspecified atom stereocenters. The van der Waals surface area contributed by atoms with Crippen LogP contribution in [0.2, 0.25) is 0 Å². The number of anilines is 2. The molecule has 0 radical (unpaired) electrons. The molecule has 2 heterocycles. The number of rotatable bonds is 6. The zero-order valence-electron chi connectivity index (χ0n) is 27.7. The Morgan fingerprint density at radius 1 is 0.863 bits per heavy atom. The third-order valence-electron chi connectivity index (χ3n) is 11.1. The highest BCUT2D eigenvalue weighted by atomic mass is 79.9. The summed E-state index contributed by atoms with van der Waals surface area (Å²) in [7, 11) is 1.45. The van der Waals surface area contributed by atoms with Crippen molar-refractivity contribution in [2.24, 2.45) is 23.7 Å². The van der Waals surface area contributed by atoms with Gasteiger partial charge in [-0.3, -0.25) is 29.5 Å². The van der Waals surface area contributed by atoms with E-state index in [-0.39, 0.29) is 29.7 Å². The summed E-state index contributed by atoms with van der Waals surface area (Å²) in [6, 6.07) is 27.3. The van der Waals surface area contributed by atoms with Crippen LogP contribution in [0.1, 0.15) is 35.4 Å². The molecule has 3 fully saturated rings. The molecule has 8 rings (SSSR count). The van der Waals surface area contributed by atoms with Crippen LogP contribution in [0.4, 0.5) is 11.4 Å². The van der Waals surface area contributed by atoms with Crippen molar-refractivity contribution in [3.63, 3.8) is 0 Å². The normalized spacial score (nSPS) is 26.8. The summed E-state index contributed by atoms with van der Waals surface area (Å²) in [6.07, 6.45) is 2.48. The molecular formula is C40H33Br2N3O6. The number of hydrogen-bond acceptors (Lipinski definition) is 7. The molecule has 4 aromatic rings. The molecule has 2 saturated heterocycles. The number of methoxy groups -OCH3 is 1. The van der Waals surface area contributed by atoms with E-state index in [1.807, 2.05) is 67.6 Å². The number of hydrazine groups is 1. The molecule has 0 aromatic heterocycles. The molecule has 0 spiro atoms. The van der Waals surface area contributed by atoms with Crippen LogP contribution in [-0.4, -0.2) is 40.9 Å². The number of amides is 4. The number of hydrogen-bond donors (Lipinski definition) is 2. The molecule has 0 bridgehead atoms. The smallest absolute Gasteiger partial charge is 0.260 e. The molecule has 6 atom stereocenters. The molecule has 4 amide bonds. The van der Waals surface area contributed by atoms with Crippen molar-refractivity contribution in [3.8, 4) is 11.5 Å². The van der Waals surface area contributed by atoms with Gasteiger partial charge in [-0.05, 0) is 101 Å². The lowest BCUT2D eigenvalue weighted by atomic mass is 9.49. The quantitative estimate of drug-likeness (QED) is 0.154. The second-order valence-electron chi connectivity index (χ2n) is 13.6. The lowest BCUT2D eigenvalue weighted by Gasteiger charge is -2.50. The number of halogens is 2. The van der Waals surface area contributed by atoms with E-state index in [9.17, 15) is 19.5 Å². The summed E-state index contributed by atoms with van der Waals surface area (Å²) < 4.78 is 6.77. The lowest BCUT2D eigenvalue weighted by Crippen LogP contribution is -2.53. The maximum absolute atomic E-state index is 15.3. The second-order valence-corrected chi connectivity index (χ2v) is 15.4. The van der Waals surface area contributed by atoms with Gasteiger partial charge in [0.2, 0.25) is 11.8 Å². The highest BCUT2D eigenvalue weighted by Crippen LogP contribution is 2.64. The summed E-state index contributed by atoms with van der Waals surface area (Å²) in [5, 5.41) is 12.0. The fraction of sp³-hybridized carbons (Fsp3) is 0.250. The summed E-state index contributed by atoms with van der Waals surface area (Å²) in [5.41, 5.74) is 5.86. The largest absolute Gasteiger partial charge is 0.503 e. The monoisotopic (exact) mass is 809 g/mol. The number of allylic oxidation sites excluding steroid dienone is 2. The number of carbonyl (C=O) groups is 4. The SMILES string of the molecule is COc1cc([C@H]2C3=CC[C@@H]4C(=O)N(c5ccc(Br)cc5)C(=O)[C@@H]4[C@@H]3C[C@H]3C(=O)N(Nc4ccc(C)cc4)C(=O)[C@@]23c2ccccc2)cc(Br)c1O. The minimum atomic E-state index is -1.44. The van der Waals surface area contributed by atoms with E-state index in [1.165, 1.54) is 12.0 Å². The van der Waals surface area contributed by atoms with Crippen LogP contribution in [0.5, 0.6) is 11.5 Å². The molecule has 1 saturated carbocycles. The number of aromatic hydroxyl groups is 1. The average Bonchev–Trinajstić information content (AvgIpc) is 3.51. The third-order valence-corrected chi connectivity index (χ3v) is 12.2. The number of phenols is 1. The Morgan fingerprint density at radius 2 is 1.57 bits per heavy atom. The Bertz CT molecular complexity index is 2140. The number of nitrogens with one attached hydrogen (secondary N) is 1. The molecule has 2 aliphatic heterocycles. The maximum Gasteiger partial charge on any atom is 0.260 e. The topological polar surface area (TPSA) is 116 Å². The summed E-state index contributed by atoms with van der Waals surface area (Å²) in [5.74, 6) is -4.88. The molecule has 11 heteroatoms. The molecule has 2 N–H and O–H groups in total. The first-order chi connectivity index (χ1) is 24.6. The zero-order chi connectivity index (χ0) is 35.8. The minimum absolute atomic E-state index is 0.102. The van der Waals surface area contributed by atoms with Crippen LogP contribution in [0, 0.1) is 30.6 Å². The molecule has 9 nitrogen and oxygen atoms in total. The van der Waals surface area contributed by atoms with Crippen molar-refractivity contribution in [3.05, 3.63) is 128 Å². The third kappa shape index (κ3) is 4.99. The summed E-state index contributed by atoms with van der Waals surface area (Å²) >= 11 is 6.93. The van der Waals surface area contributed by atoms with E-state index in [0.29, 0.717) is 33.4 Å². The fourth-order valence-electron chi connectivity index (χ4n) is 8.88. The van der Waals surface area contributed by atoms with Crippen LogP contribution >= 0.6 is 31.9 Å². The minimum Gasteiger partial charge on any atom is -0.503 e. The maximum atomic E-state index is 15.3. The Kier molecular flexibility index (Phi) is 8.18. The van der Waals surface area contributed by atoms with Crippen molar-refractivity contribution >= 4 is 66.9 Å². The Hall–Kier alpha value is -4.74. The van der Waals surface area contributed by atoms with Crippen molar-refractivity contribution < 1.29 is 29.0 Å². The van der Waals surface area contributed by atoms with E-state index < -0.39 is 46.8 Å². The van der Waals surface area contributed by atoms with Crippen molar-refractivity contribution in [2.45, 2.75) is 31.1 Å². The highest BCUT2D eigenvalue weighted by Gasteiger charge is 2.70. The number of nitrogens with zero attached hydrogens (tertiary/aromatic N) is 2. The number of benzene rings is 4. The number of carbonyl (C=O) groups excluding carboxylic acids is 4. The molecule has 2 aliphatic carbocycles. The predicted molar refractivity (Wildman–Crippen MR) is 198 cm³/mol. The lowest BCUT2D eigenvalue weighted by molar-refractivity contribution is -0.138. The van der Waals surface area contributed by atoms with Crippen LogP contribution in [-0.2, 0) is 24.6 Å². The molecule has 51 heavy (non-hydrogen) atoms. The number of fused-ring (bicyclic) bond motifs is 4. The van der Waals surface area contributed by atoms with Gasteiger partial charge in [-0.15, -0.1) is 0 Å². The van der Waals surface area contributed by atoms with E-state index in [2.05, 4.69) is 37.3 Å². The number of imide groups is 2. The van der Waals surface area contributed by atoms with Crippen LogP contribution < -0.4 is 15.1 Å². The molecule has 4 aromatic carbocycles. The van der Waals surface area contributed by atoms with Gasteiger partial charge in [-0.25, -0.2) is 0 Å². The zero-order valence-corrected chi connectivity index (χ0v) is 30.8. The first kappa shape index (κ1) is 33.4. The average molecular weight is 812 g/mol. The van der Waals surface area contributed by atoms with Gasteiger partial charge < -0.3 is 9.84 Å². The summed E-state index contributed by atoms with van der Waals surface area (Å²) in [6.45, 7) is 1.96. The van der Waals surface area contributed by atoms with Crippen molar-refractivity contribution in [1.29, 1.82) is 0 Å². The fourth-order valence-corrected chi connectivity index (χ4v) is 9.61. The Morgan fingerprint density at radius 3 is 2.25 bits per heavy atom. The van der Waals surface area contributed by atoms with Crippen LogP contribution in [0.25, 0.3) is 0 Å². The van der Waals surface area contributed by atoms with Gasteiger partial charge in [0.1, 0.15) is 0 Å². The molecule has 258 valence electrons.